The van der Waals surface area contributed by atoms with Gasteiger partial charge in [0.05, 0.1) is 0 Å². The molecule has 0 saturated heterocycles. The average molecular weight is 441 g/mol. The van der Waals surface area contributed by atoms with Crippen LogP contribution in [0.5, 0.6) is 11.5 Å². The molecule has 0 saturated carbocycles. The van der Waals surface area contributed by atoms with Gasteiger partial charge in [0, 0.05) is 0 Å². The Labute approximate surface area is 204 Å². The van der Waals surface area contributed by atoms with E-state index < -0.39 is 10.1 Å². The number of ether oxygens (including phenoxy) is 1. The van der Waals surface area contributed by atoms with E-state index in [0.717, 1.165) is 19.3 Å². The van der Waals surface area contributed by atoms with Crippen LogP contribution in [0.1, 0.15) is 76.7 Å². The SMILES string of the molecule is CCCCCCCCCCCCc1cccc(Oc2ccccc2)c1S(=O)(=O)[O-].[Na+]. The monoisotopic (exact) mass is 440 g/mol. The molecule has 0 N–H and O–H groups in total. The molecule has 0 radical (unpaired) electrons. The zero-order valence-corrected chi connectivity index (χ0v) is 21.3. The van der Waals surface area contributed by atoms with Crippen LogP contribution < -0.4 is 34.3 Å². The third-order valence-electron chi connectivity index (χ3n) is 5.08. The predicted octanol–water partition coefficient (Wildman–Crippen LogP) is 3.85. The summed E-state index contributed by atoms with van der Waals surface area (Å²) in [5, 5.41) is 0. The van der Waals surface area contributed by atoms with Crippen molar-refractivity contribution in [1.82, 2.24) is 0 Å². The molecular formula is C24H33NaO4S. The quantitative estimate of drug-likeness (QED) is 0.254. The largest absolute Gasteiger partial charge is 1.00 e. The molecule has 30 heavy (non-hydrogen) atoms. The third-order valence-corrected chi connectivity index (χ3v) is 6.04. The van der Waals surface area contributed by atoms with Gasteiger partial charge in [-0.3, -0.25) is 0 Å². The number of aryl methyl sites for hydroxylation is 1. The molecule has 0 atom stereocenters. The van der Waals surface area contributed by atoms with Crippen LogP contribution in [0.4, 0.5) is 0 Å². The van der Waals surface area contributed by atoms with Crippen molar-refractivity contribution in [1.29, 1.82) is 0 Å². The van der Waals surface area contributed by atoms with Gasteiger partial charge in [-0.15, -0.1) is 0 Å². The van der Waals surface area contributed by atoms with Gasteiger partial charge in [-0.1, -0.05) is 95.0 Å². The topological polar surface area (TPSA) is 66.4 Å². The second kappa shape index (κ2) is 15.0. The molecule has 0 amide bonds. The fourth-order valence-corrected chi connectivity index (χ4v) is 4.39. The van der Waals surface area contributed by atoms with Crippen LogP contribution in [0.15, 0.2) is 53.4 Å². The number of rotatable bonds is 14. The maximum Gasteiger partial charge on any atom is 1.00 e. The van der Waals surface area contributed by atoms with Crippen molar-refractivity contribution in [2.75, 3.05) is 0 Å². The van der Waals surface area contributed by atoms with Crippen molar-refractivity contribution < 1.29 is 47.3 Å². The van der Waals surface area contributed by atoms with Crippen LogP contribution >= 0.6 is 0 Å². The van der Waals surface area contributed by atoms with Crippen LogP contribution in [-0.2, 0) is 16.5 Å². The molecule has 0 aromatic heterocycles. The third kappa shape index (κ3) is 9.97. The molecule has 0 spiro atoms. The van der Waals surface area contributed by atoms with E-state index in [4.69, 9.17) is 4.74 Å². The smallest absolute Gasteiger partial charge is 0.744 e. The summed E-state index contributed by atoms with van der Waals surface area (Å²) in [5.41, 5.74) is 0.549. The van der Waals surface area contributed by atoms with Gasteiger partial charge >= 0.3 is 29.6 Å². The summed E-state index contributed by atoms with van der Waals surface area (Å²) in [4.78, 5) is -0.222. The number of benzene rings is 2. The van der Waals surface area contributed by atoms with Crippen LogP contribution in [0.25, 0.3) is 0 Å². The molecule has 2 aromatic rings. The van der Waals surface area contributed by atoms with Crippen molar-refractivity contribution in [2.24, 2.45) is 0 Å². The summed E-state index contributed by atoms with van der Waals surface area (Å²) in [6, 6.07) is 13.9. The fourth-order valence-electron chi connectivity index (χ4n) is 3.54. The van der Waals surface area contributed by atoms with Gasteiger partial charge in [0.15, 0.2) is 0 Å². The summed E-state index contributed by atoms with van der Waals surface area (Å²) in [5.74, 6) is 0.615. The molecule has 2 aromatic carbocycles. The molecule has 0 bridgehead atoms. The van der Waals surface area contributed by atoms with Gasteiger partial charge in [-0.05, 0) is 36.6 Å². The van der Waals surface area contributed by atoms with Crippen molar-refractivity contribution in [3.05, 3.63) is 54.1 Å². The molecule has 0 heterocycles. The first-order chi connectivity index (χ1) is 14.0. The van der Waals surface area contributed by atoms with Gasteiger partial charge in [-0.25, -0.2) is 8.42 Å². The molecule has 2 rings (SSSR count). The zero-order valence-electron chi connectivity index (χ0n) is 18.4. The number of para-hydroxylation sites is 1. The molecule has 0 aliphatic heterocycles. The first-order valence-corrected chi connectivity index (χ1v) is 12.2. The number of hydrogen-bond acceptors (Lipinski definition) is 4. The summed E-state index contributed by atoms with van der Waals surface area (Å²) in [6.07, 6.45) is 12.7. The second-order valence-electron chi connectivity index (χ2n) is 7.55. The van der Waals surface area contributed by atoms with Gasteiger partial charge < -0.3 is 9.29 Å². The molecule has 0 fully saturated rings. The summed E-state index contributed by atoms with van der Waals surface area (Å²) < 4.78 is 41.4. The molecule has 0 aliphatic carbocycles. The maximum atomic E-state index is 11.9. The minimum atomic E-state index is -4.62. The minimum Gasteiger partial charge on any atom is -0.744 e. The predicted molar refractivity (Wildman–Crippen MR) is 116 cm³/mol. The van der Waals surface area contributed by atoms with Crippen molar-refractivity contribution in [2.45, 2.75) is 82.4 Å². The zero-order chi connectivity index (χ0) is 21.0. The van der Waals surface area contributed by atoms with E-state index in [1.807, 2.05) is 6.07 Å². The molecule has 160 valence electrons. The summed E-state index contributed by atoms with van der Waals surface area (Å²) in [6.45, 7) is 2.23. The van der Waals surface area contributed by atoms with E-state index in [9.17, 15) is 13.0 Å². The Morgan fingerprint density at radius 3 is 1.90 bits per heavy atom. The Bertz CT molecular complexity index is 822. The average Bonchev–Trinajstić information content (AvgIpc) is 2.69. The minimum absolute atomic E-state index is 0. The van der Waals surface area contributed by atoms with Crippen LogP contribution in [-0.4, -0.2) is 13.0 Å². The molecular weight excluding hydrogens is 407 g/mol. The summed E-state index contributed by atoms with van der Waals surface area (Å²) in [7, 11) is -4.62. The van der Waals surface area contributed by atoms with Gasteiger partial charge in [-0.2, -0.15) is 0 Å². The van der Waals surface area contributed by atoms with Crippen molar-refractivity contribution >= 4 is 10.1 Å². The molecule has 4 nitrogen and oxygen atoms in total. The molecule has 6 heteroatoms. The summed E-state index contributed by atoms with van der Waals surface area (Å²) >= 11 is 0. The normalized spacial score (nSPS) is 11.1. The Balaban J connectivity index is 0.00000450. The molecule has 0 aliphatic rings. The molecule has 0 unspecified atom stereocenters. The van der Waals surface area contributed by atoms with E-state index in [2.05, 4.69) is 6.92 Å². The fraction of sp³-hybridized carbons (Fsp3) is 0.500. The second-order valence-corrected chi connectivity index (χ2v) is 8.86. The van der Waals surface area contributed by atoms with E-state index in [1.54, 1.807) is 42.5 Å². The van der Waals surface area contributed by atoms with Gasteiger partial charge in [0.1, 0.15) is 26.5 Å². The van der Waals surface area contributed by atoms with Crippen LogP contribution in [0.2, 0.25) is 0 Å². The van der Waals surface area contributed by atoms with Crippen LogP contribution in [0.3, 0.4) is 0 Å². The first kappa shape index (κ1) is 27.2. The first-order valence-electron chi connectivity index (χ1n) is 10.8. The van der Waals surface area contributed by atoms with Gasteiger partial charge in [0.2, 0.25) is 0 Å². The van der Waals surface area contributed by atoms with Crippen molar-refractivity contribution in [3.63, 3.8) is 0 Å². The van der Waals surface area contributed by atoms with Gasteiger partial charge in [0.25, 0.3) is 0 Å². The van der Waals surface area contributed by atoms with E-state index in [1.165, 1.54) is 44.9 Å². The maximum absolute atomic E-state index is 11.9. The van der Waals surface area contributed by atoms with E-state index >= 15 is 0 Å². The number of unbranched alkanes of at least 4 members (excludes halogenated alkanes) is 9. The van der Waals surface area contributed by atoms with E-state index in [-0.39, 0.29) is 40.2 Å². The Hall–Kier alpha value is -0.850. The Kier molecular flexibility index (Phi) is 13.6. The number of hydrogen-bond donors (Lipinski definition) is 0. The van der Waals surface area contributed by atoms with Crippen LogP contribution in [0, 0.1) is 0 Å². The van der Waals surface area contributed by atoms with E-state index in [0.29, 0.717) is 17.7 Å². The Morgan fingerprint density at radius 1 is 0.767 bits per heavy atom. The standard InChI is InChI=1S/C24H34O4S.Na/c1-2-3-4-5-6-7-8-9-10-12-16-21-17-15-20-23(24(21)29(25,26)27)28-22-18-13-11-14-19-22;/h11,13-15,17-20H,2-10,12,16H2,1H3,(H,25,26,27);/q;+1/p-1. The Morgan fingerprint density at radius 2 is 1.33 bits per heavy atom. The van der Waals surface area contributed by atoms with Crippen molar-refractivity contribution in [3.8, 4) is 11.5 Å².